The van der Waals surface area contributed by atoms with E-state index in [9.17, 15) is 9.18 Å². The third-order valence-electron chi connectivity index (χ3n) is 2.63. The number of halogens is 1. The number of carbonyl (C=O) groups is 1. The van der Waals surface area contributed by atoms with Gasteiger partial charge in [0.1, 0.15) is 5.82 Å². The fourth-order valence-electron chi connectivity index (χ4n) is 1.78. The second-order valence-electron chi connectivity index (χ2n) is 3.88. The number of anilines is 1. The Labute approximate surface area is 93.3 Å². The molecule has 0 aromatic carbocycles. The molecule has 0 saturated carbocycles. The van der Waals surface area contributed by atoms with Crippen LogP contribution in [0.1, 0.15) is 12.8 Å². The first-order valence-electron chi connectivity index (χ1n) is 5.40. The summed E-state index contributed by atoms with van der Waals surface area (Å²) in [4.78, 5) is 15.4. The SMILES string of the molecule is O=C(Nc1cccc(F)n1)[C@H]1CCCNC1. The lowest BCUT2D eigenvalue weighted by Gasteiger charge is -2.21. The quantitative estimate of drug-likeness (QED) is 0.740. The molecule has 1 amide bonds. The van der Waals surface area contributed by atoms with Crippen LogP contribution >= 0.6 is 0 Å². The molecule has 1 aliphatic rings. The molecular weight excluding hydrogens is 209 g/mol. The molecular formula is C11H14FN3O. The van der Waals surface area contributed by atoms with Crippen LogP contribution in [-0.4, -0.2) is 24.0 Å². The van der Waals surface area contributed by atoms with E-state index in [0.717, 1.165) is 19.4 Å². The molecule has 16 heavy (non-hydrogen) atoms. The molecule has 5 heteroatoms. The third-order valence-corrected chi connectivity index (χ3v) is 2.63. The molecule has 1 saturated heterocycles. The van der Waals surface area contributed by atoms with Crippen molar-refractivity contribution in [1.82, 2.24) is 10.3 Å². The Kier molecular flexibility index (Phi) is 3.46. The molecule has 0 bridgehead atoms. The maximum atomic E-state index is 12.8. The number of pyridine rings is 1. The first kappa shape index (κ1) is 11.0. The van der Waals surface area contributed by atoms with Gasteiger partial charge in [-0.2, -0.15) is 4.39 Å². The average Bonchev–Trinajstić information content (AvgIpc) is 2.30. The summed E-state index contributed by atoms with van der Waals surface area (Å²) in [6.07, 6.45) is 1.86. The van der Waals surface area contributed by atoms with E-state index in [1.807, 2.05) is 0 Å². The lowest BCUT2D eigenvalue weighted by Crippen LogP contribution is -2.37. The Morgan fingerprint density at radius 2 is 2.44 bits per heavy atom. The fourth-order valence-corrected chi connectivity index (χ4v) is 1.78. The highest BCUT2D eigenvalue weighted by atomic mass is 19.1. The van der Waals surface area contributed by atoms with Gasteiger partial charge < -0.3 is 10.6 Å². The van der Waals surface area contributed by atoms with Crippen molar-refractivity contribution in [2.24, 2.45) is 5.92 Å². The summed E-state index contributed by atoms with van der Waals surface area (Å²) >= 11 is 0. The minimum absolute atomic E-state index is 0.0428. The number of nitrogens with one attached hydrogen (secondary N) is 2. The van der Waals surface area contributed by atoms with Gasteiger partial charge in [-0.15, -0.1) is 0 Å². The van der Waals surface area contributed by atoms with Crippen molar-refractivity contribution in [3.05, 3.63) is 24.1 Å². The van der Waals surface area contributed by atoms with E-state index in [4.69, 9.17) is 0 Å². The molecule has 2 rings (SSSR count). The van der Waals surface area contributed by atoms with Gasteiger partial charge in [0, 0.05) is 6.54 Å². The minimum atomic E-state index is -0.584. The van der Waals surface area contributed by atoms with E-state index >= 15 is 0 Å². The molecule has 4 nitrogen and oxygen atoms in total. The maximum Gasteiger partial charge on any atom is 0.229 e. The zero-order chi connectivity index (χ0) is 11.4. The van der Waals surface area contributed by atoms with Crippen molar-refractivity contribution in [3.63, 3.8) is 0 Å². The van der Waals surface area contributed by atoms with Crippen LogP contribution in [0.4, 0.5) is 10.2 Å². The molecule has 1 aromatic heterocycles. The second kappa shape index (κ2) is 5.03. The molecule has 2 N–H and O–H groups in total. The summed E-state index contributed by atoms with van der Waals surface area (Å²) in [6.45, 7) is 1.64. The number of amides is 1. The Hall–Kier alpha value is -1.49. The van der Waals surface area contributed by atoms with Crippen molar-refractivity contribution in [2.75, 3.05) is 18.4 Å². The van der Waals surface area contributed by atoms with Gasteiger partial charge in [0.2, 0.25) is 11.9 Å². The second-order valence-corrected chi connectivity index (χ2v) is 3.88. The predicted molar refractivity (Wildman–Crippen MR) is 58.4 cm³/mol. The first-order chi connectivity index (χ1) is 7.75. The summed E-state index contributed by atoms with van der Waals surface area (Å²) in [5, 5.41) is 5.78. The topological polar surface area (TPSA) is 54.0 Å². The van der Waals surface area contributed by atoms with Crippen molar-refractivity contribution in [3.8, 4) is 0 Å². The van der Waals surface area contributed by atoms with Gasteiger partial charge in [-0.25, -0.2) is 4.98 Å². The monoisotopic (exact) mass is 223 g/mol. The summed E-state index contributed by atoms with van der Waals surface area (Å²) < 4.78 is 12.8. The molecule has 0 unspecified atom stereocenters. The molecule has 0 radical (unpaired) electrons. The summed E-state index contributed by atoms with van der Waals surface area (Å²) in [6, 6.07) is 4.35. The van der Waals surface area contributed by atoms with Gasteiger partial charge in [-0.05, 0) is 31.5 Å². The average molecular weight is 223 g/mol. The normalized spacial score (nSPS) is 20.4. The van der Waals surface area contributed by atoms with Crippen LogP contribution < -0.4 is 10.6 Å². The number of piperidine rings is 1. The van der Waals surface area contributed by atoms with Crippen LogP contribution in [0.25, 0.3) is 0 Å². The number of nitrogens with zero attached hydrogens (tertiary/aromatic N) is 1. The van der Waals surface area contributed by atoms with E-state index in [0.29, 0.717) is 6.54 Å². The predicted octanol–water partition coefficient (Wildman–Crippen LogP) is 1.16. The fraction of sp³-hybridized carbons (Fsp3) is 0.455. The first-order valence-corrected chi connectivity index (χ1v) is 5.40. The Bertz CT molecular complexity index is 377. The van der Waals surface area contributed by atoms with Crippen LogP contribution in [-0.2, 0) is 4.79 Å². The molecule has 1 aliphatic heterocycles. The molecule has 1 fully saturated rings. The Morgan fingerprint density at radius 1 is 1.56 bits per heavy atom. The number of hydrogen-bond donors (Lipinski definition) is 2. The van der Waals surface area contributed by atoms with Crippen LogP contribution in [0.2, 0.25) is 0 Å². The highest BCUT2D eigenvalue weighted by molar-refractivity contribution is 5.91. The summed E-state index contributed by atoms with van der Waals surface area (Å²) in [5.74, 6) is -0.445. The van der Waals surface area contributed by atoms with Gasteiger partial charge >= 0.3 is 0 Å². The van der Waals surface area contributed by atoms with Gasteiger partial charge in [0.15, 0.2) is 0 Å². The van der Waals surface area contributed by atoms with Crippen molar-refractivity contribution >= 4 is 11.7 Å². The zero-order valence-electron chi connectivity index (χ0n) is 8.87. The number of carbonyl (C=O) groups excluding carboxylic acids is 1. The van der Waals surface area contributed by atoms with E-state index in [2.05, 4.69) is 15.6 Å². The molecule has 1 atom stereocenters. The van der Waals surface area contributed by atoms with Gasteiger partial charge in [-0.1, -0.05) is 6.07 Å². The number of hydrogen-bond acceptors (Lipinski definition) is 3. The van der Waals surface area contributed by atoms with Crippen molar-refractivity contribution < 1.29 is 9.18 Å². The minimum Gasteiger partial charge on any atom is -0.316 e. The highest BCUT2D eigenvalue weighted by Crippen LogP contribution is 2.12. The van der Waals surface area contributed by atoms with E-state index < -0.39 is 5.95 Å². The lowest BCUT2D eigenvalue weighted by molar-refractivity contribution is -0.120. The van der Waals surface area contributed by atoms with Gasteiger partial charge in [0.25, 0.3) is 0 Å². The largest absolute Gasteiger partial charge is 0.316 e. The zero-order valence-corrected chi connectivity index (χ0v) is 8.87. The molecule has 86 valence electrons. The Balaban J connectivity index is 1.96. The lowest BCUT2D eigenvalue weighted by atomic mass is 9.99. The maximum absolute atomic E-state index is 12.8. The van der Waals surface area contributed by atoms with Crippen LogP contribution in [0.5, 0.6) is 0 Å². The van der Waals surface area contributed by atoms with E-state index in [1.165, 1.54) is 12.1 Å². The van der Waals surface area contributed by atoms with Crippen LogP contribution in [0.3, 0.4) is 0 Å². The van der Waals surface area contributed by atoms with E-state index in [-0.39, 0.29) is 17.6 Å². The van der Waals surface area contributed by atoms with Gasteiger partial charge in [-0.3, -0.25) is 4.79 Å². The van der Waals surface area contributed by atoms with Crippen LogP contribution in [0, 0.1) is 11.9 Å². The Morgan fingerprint density at radius 3 is 3.12 bits per heavy atom. The molecule has 0 spiro atoms. The van der Waals surface area contributed by atoms with Crippen molar-refractivity contribution in [2.45, 2.75) is 12.8 Å². The number of rotatable bonds is 2. The standard InChI is InChI=1S/C11H14FN3O/c12-9-4-1-5-10(14-9)15-11(16)8-3-2-6-13-7-8/h1,4-5,8,13H,2-3,6-7H2,(H,14,15,16)/t8-/m0/s1. The summed E-state index contributed by atoms with van der Waals surface area (Å²) in [7, 11) is 0. The smallest absolute Gasteiger partial charge is 0.229 e. The van der Waals surface area contributed by atoms with Gasteiger partial charge in [0.05, 0.1) is 5.92 Å². The van der Waals surface area contributed by atoms with Crippen molar-refractivity contribution in [1.29, 1.82) is 0 Å². The molecule has 1 aromatic rings. The molecule has 0 aliphatic carbocycles. The third kappa shape index (κ3) is 2.76. The van der Waals surface area contributed by atoms with E-state index in [1.54, 1.807) is 6.07 Å². The molecule has 2 heterocycles. The highest BCUT2D eigenvalue weighted by Gasteiger charge is 2.21. The summed E-state index contributed by atoms with van der Waals surface area (Å²) in [5.41, 5.74) is 0. The van der Waals surface area contributed by atoms with Crippen LogP contribution in [0.15, 0.2) is 18.2 Å². The number of aromatic nitrogens is 1.